The lowest BCUT2D eigenvalue weighted by Crippen LogP contribution is -2.24. The Bertz CT molecular complexity index is 758. The first-order valence-corrected chi connectivity index (χ1v) is 8.00. The van der Waals surface area contributed by atoms with E-state index >= 15 is 0 Å². The predicted octanol–water partition coefficient (Wildman–Crippen LogP) is 3.34. The van der Waals surface area contributed by atoms with Gasteiger partial charge in [-0.25, -0.2) is 0 Å². The fraction of sp³-hybridized carbons (Fsp3) is 0.316. The van der Waals surface area contributed by atoms with Crippen LogP contribution >= 0.6 is 0 Å². The second kappa shape index (κ2) is 6.83. The van der Waals surface area contributed by atoms with Crippen molar-refractivity contribution in [1.29, 1.82) is 0 Å². The Morgan fingerprint density at radius 3 is 2.62 bits per heavy atom. The van der Waals surface area contributed by atoms with Crippen molar-refractivity contribution in [3.63, 3.8) is 0 Å². The van der Waals surface area contributed by atoms with Crippen LogP contribution in [-0.4, -0.2) is 33.7 Å². The van der Waals surface area contributed by atoms with Gasteiger partial charge in [0.2, 0.25) is 0 Å². The number of aryl methyl sites for hydroxylation is 1. The SMILES string of the molecule is COc1ccc(C(=O)Nc2ccc3c(c2)N(C)CCC3)cc1OC. The smallest absolute Gasteiger partial charge is 0.255 e. The molecule has 1 amide bonds. The van der Waals surface area contributed by atoms with Crippen molar-refractivity contribution in [2.75, 3.05) is 38.0 Å². The van der Waals surface area contributed by atoms with E-state index in [1.54, 1.807) is 32.4 Å². The first kappa shape index (κ1) is 16.2. The minimum absolute atomic E-state index is 0.172. The molecule has 0 atom stereocenters. The van der Waals surface area contributed by atoms with E-state index < -0.39 is 0 Å². The van der Waals surface area contributed by atoms with Gasteiger partial charge in [-0.1, -0.05) is 6.07 Å². The molecule has 0 bridgehead atoms. The quantitative estimate of drug-likeness (QED) is 0.936. The number of nitrogens with one attached hydrogen (secondary N) is 1. The van der Waals surface area contributed by atoms with Crippen molar-refractivity contribution in [2.24, 2.45) is 0 Å². The van der Waals surface area contributed by atoms with Crippen LogP contribution in [0, 0.1) is 0 Å². The molecule has 126 valence electrons. The number of carbonyl (C=O) groups is 1. The predicted molar refractivity (Wildman–Crippen MR) is 95.5 cm³/mol. The van der Waals surface area contributed by atoms with Gasteiger partial charge in [0.1, 0.15) is 0 Å². The summed E-state index contributed by atoms with van der Waals surface area (Å²) in [5.74, 6) is 0.967. The van der Waals surface area contributed by atoms with Crippen LogP contribution in [0.25, 0.3) is 0 Å². The standard InChI is InChI=1S/C19H22N2O3/c1-21-10-4-5-13-6-8-15(12-16(13)21)20-19(22)14-7-9-17(23-2)18(11-14)24-3/h6-9,11-12H,4-5,10H2,1-3H3,(H,20,22). The van der Waals surface area contributed by atoms with Crippen molar-refractivity contribution < 1.29 is 14.3 Å². The molecule has 5 nitrogen and oxygen atoms in total. The Kier molecular flexibility index (Phi) is 4.60. The van der Waals surface area contributed by atoms with Crippen LogP contribution in [0.2, 0.25) is 0 Å². The molecule has 0 aromatic heterocycles. The highest BCUT2D eigenvalue weighted by atomic mass is 16.5. The van der Waals surface area contributed by atoms with Gasteiger partial charge < -0.3 is 19.7 Å². The highest BCUT2D eigenvalue weighted by Gasteiger charge is 2.15. The van der Waals surface area contributed by atoms with Crippen LogP contribution in [0.5, 0.6) is 11.5 Å². The van der Waals surface area contributed by atoms with Gasteiger partial charge in [-0.15, -0.1) is 0 Å². The molecule has 0 radical (unpaired) electrons. The number of anilines is 2. The van der Waals surface area contributed by atoms with Gasteiger partial charge in [0.15, 0.2) is 11.5 Å². The van der Waals surface area contributed by atoms with Gasteiger partial charge in [-0.05, 0) is 48.7 Å². The Labute approximate surface area is 142 Å². The van der Waals surface area contributed by atoms with Crippen LogP contribution in [0.4, 0.5) is 11.4 Å². The number of hydrogen-bond donors (Lipinski definition) is 1. The molecule has 3 rings (SSSR count). The average molecular weight is 326 g/mol. The molecule has 24 heavy (non-hydrogen) atoms. The molecule has 0 saturated carbocycles. The van der Waals surface area contributed by atoms with E-state index in [-0.39, 0.29) is 5.91 Å². The Hall–Kier alpha value is -2.69. The molecule has 0 fully saturated rings. The summed E-state index contributed by atoms with van der Waals surface area (Å²) in [7, 11) is 5.21. The largest absolute Gasteiger partial charge is 0.493 e. The third kappa shape index (κ3) is 3.15. The van der Waals surface area contributed by atoms with E-state index in [1.165, 1.54) is 17.7 Å². The zero-order valence-electron chi connectivity index (χ0n) is 14.3. The van der Waals surface area contributed by atoms with E-state index in [0.717, 1.165) is 18.7 Å². The topological polar surface area (TPSA) is 50.8 Å². The number of benzene rings is 2. The molecule has 1 aliphatic heterocycles. The van der Waals surface area contributed by atoms with Crippen LogP contribution in [0.1, 0.15) is 22.3 Å². The summed E-state index contributed by atoms with van der Waals surface area (Å²) in [6.45, 7) is 1.04. The maximum atomic E-state index is 12.5. The molecule has 0 saturated heterocycles. The highest BCUT2D eigenvalue weighted by molar-refractivity contribution is 6.05. The second-order valence-electron chi connectivity index (χ2n) is 5.89. The van der Waals surface area contributed by atoms with Gasteiger partial charge in [-0.2, -0.15) is 0 Å². The third-order valence-corrected chi connectivity index (χ3v) is 4.34. The lowest BCUT2D eigenvalue weighted by atomic mass is 10.0. The summed E-state index contributed by atoms with van der Waals surface area (Å²) >= 11 is 0. The van der Waals surface area contributed by atoms with E-state index in [2.05, 4.69) is 23.3 Å². The number of ether oxygens (including phenoxy) is 2. The number of amides is 1. The average Bonchev–Trinajstić information content (AvgIpc) is 2.61. The lowest BCUT2D eigenvalue weighted by Gasteiger charge is -2.28. The second-order valence-corrected chi connectivity index (χ2v) is 5.89. The summed E-state index contributed by atoms with van der Waals surface area (Å²) in [6, 6.07) is 11.2. The molecule has 1 N–H and O–H groups in total. The van der Waals surface area contributed by atoms with Crippen molar-refractivity contribution in [1.82, 2.24) is 0 Å². The normalized spacial score (nSPS) is 13.2. The maximum absolute atomic E-state index is 12.5. The molecule has 2 aromatic rings. The van der Waals surface area contributed by atoms with Crippen LogP contribution in [0.15, 0.2) is 36.4 Å². The van der Waals surface area contributed by atoms with E-state index in [4.69, 9.17) is 9.47 Å². The van der Waals surface area contributed by atoms with Gasteiger partial charge in [0.25, 0.3) is 5.91 Å². The minimum Gasteiger partial charge on any atom is -0.493 e. The van der Waals surface area contributed by atoms with Gasteiger partial charge in [-0.3, -0.25) is 4.79 Å². The van der Waals surface area contributed by atoms with Crippen molar-refractivity contribution in [3.8, 4) is 11.5 Å². The third-order valence-electron chi connectivity index (χ3n) is 4.34. The first-order valence-electron chi connectivity index (χ1n) is 8.00. The van der Waals surface area contributed by atoms with Crippen molar-refractivity contribution in [2.45, 2.75) is 12.8 Å². The Morgan fingerprint density at radius 2 is 1.88 bits per heavy atom. The van der Waals surface area contributed by atoms with Crippen molar-refractivity contribution in [3.05, 3.63) is 47.5 Å². The zero-order valence-corrected chi connectivity index (χ0v) is 14.3. The van der Waals surface area contributed by atoms with Crippen LogP contribution < -0.4 is 19.7 Å². The molecular weight excluding hydrogens is 304 g/mol. The fourth-order valence-corrected chi connectivity index (χ4v) is 3.02. The summed E-state index contributed by atoms with van der Waals surface area (Å²) in [6.07, 6.45) is 2.25. The monoisotopic (exact) mass is 326 g/mol. The lowest BCUT2D eigenvalue weighted by molar-refractivity contribution is 0.102. The Morgan fingerprint density at radius 1 is 1.08 bits per heavy atom. The molecule has 0 spiro atoms. The molecule has 1 aliphatic rings. The van der Waals surface area contributed by atoms with Crippen molar-refractivity contribution >= 4 is 17.3 Å². The number of carbonyl (C=O) groups excluding carboxylic acids is 1. The molecule has 0 aliphatic carbocycles. The summed E-state index contributed by atoms with van der Waals surface area (Å²) in [5, 5.41) is 2.96. The molecule has 1 heterocycles. The van der Waals surface area contributed by atoms with E-state index in [0.29, 0.717) is 17.1 Å². The molecule has 2 aromatic carbocycles. The first-order chi connectivity index (χ1) is 11.6. The van der Waals surface area contributed by atoms with E-state index in [1.807, 2.05) is 12.1 Å². The maximum Gasteiger partial charge on any atom is 0.255 e. The molecular formula is C19H22N2O3. The molecule has 5 heteroatoms. The van der Waals surface area contributed by atoms with Gasteiger partial charge in [0.05, 0.1) is 14.2 Å². The number of rotatable bonds is 4. The number of nitrogens with zero attached hydrogens (tertiary/aromatic N) is 1. The number of methoxy groups -OCH3 is 2. The summed E-state index contributed by atoms with van der Waals surface area (Å²) < 4.78 is 10.5. The molecule has 0 unspecified atom stereocenters. The zero-order chi connectivity index (χ0) is 17.1. The number of fused-ring (bicyclic) bond motifs is 1. The minimum atomic E-state index is -0.172. The van der Waals surface area contributed by atoms with Gasteiger partial charge in [0, 0.05) is 30.5 Å². The van der Waals surface area contributed by atoms with Crippen LogP contribution in [-0.2, 0) is 6.42 Å². The van der Waals surface area contributed by atoms with Crippen LogP contribution in [0.3, 0.4) is 0 Å². The van der Waals surface area contributed by atoms with Gasteiger partial charge >= 0.3 is 0 Å². The summed E-state index contributed by atoms with van der Waals surface area (Å²) in [5.41, 5.74) is 3.83. The fourth-order valence-electron chi connectivity index (χ4n) is 3.02. The Balaban J connectivity index is 1.81. The number of hydrogen-bond acceptors (Lipinski definition) is 4. The van der Waals surface area contributed by atoms with E-state index in [9.17, 15) is 4.79 Å². The summed E-state index contributed by atoms with van der Waals surface area (Å²) in [4.78, 5) is 14.7. The highest BCUT2D eigenvalue weighted by Crippen LogP contribution is 2.30.